The topological polar surface area (TPSA) is 51.4 Å². The van der Waals surface area contributed by atoms with Gasteiger partial charge in [-0.15, -0.1) is 0 Å². The second-order valence-electron chi connectivity index (χ2n) is 5.25. The van der Waals surface area contributed by atoms with Crippen molar-refractivity contribution in [2.24, 2.45) is 0 Å². The smallest absolute Gasteiger partial charge is 0.254 e. The molecule has 0 saturated carbocycles. The van der Waals surface area contributed by atoms with E-state index in [9.17, 15) is 4.79 Å². The molecular formula is C15H20ClN4O+. The lowest BCUT2D eigenvalue weighted by Crippen LogP contribution is -3.06. The zero-order chi connectivity index (χ0) is 15.4. The molecule has 1 aromatic heterocycles. The zero-order valence-electron chi connectivity index (χ0n) is 12.5. The first kappa shape index (κ1) is 15.5. The maximum Gasteiger partial charge on any atom is 0.254 e. The summed E-state index contributed by atoms with van der Waals surface area (Å²) in [6.07, 6.45) is 1.59. The van der Waals surface area contributed by atoms with E-state index >= 15 is 0 Å². The van der Waals surface area contributed by atoms with Crippen molar-refractivity contribution >= 4 is 17.5 Å². The van der Waals surface area contributed by atoms with Gasteiger partial charge >= 0.3 is 0 Å². The molecule has 2 N–H and O–H groups in total. The minimum atomic E-state index is -0.0953. The molecule has 1 amide bonds. The number of amides is 1. The van der Waals surface area contributed by atoms with Crippen LogP contribution in [-0.4, -0.2) is 42.9 Å². The summed E-state index contributed by atoms with van der Waals surface area (Å²) in [7, 11) is 4.10. The third-order valence-corrected chi connectivity index (χ3v) is 3.45. The lowest BCUT2D eigenvalue weighted by molar-refractivity contribution is -0.856. The number of nitrogens with zero attached hydrogens (tertiary/aromatic N) is 2. The first-order chi connectivity index (χ1) is 9.99. The number of hydrogen-bond donors (Lipinski definition) is 2. The van der Waals surface area contributed by atoms with Gasteiger partial charge in [-0.1, -0.05) is 17.7 Å². The molecule has 0 saturated heterocycles. The Hall–Kier alpha value is -1.85. The largest absolute Gasteiger partial charge is 0.346 e. The summed E-state index contributed by atoms with van der Waals surface area (Å²) in [6.45, 7) is 3.40. The summed E-state index contributed by atoms with van der Waals surface area (Å²) in [5, 5.41) is 7.83. The van der Waals surface area contributed by atoms with Crippen LogP contribution in [0.15, 0.2) is 30.5 Å². The van der Waals surface area contributed by atoms with Crippen LogP contribution in [0.4, 0.5) is 0 Å². The molecule has 0 atom stereocenters. The number of carbonyl (C=O) groups excluding carboxylic acids is 1. The van der Waals surface area contributed by atoms with Gasteiger partial charge in [-0.3, -0.25) is 4.79 Å². The molecule has 0 bridgehead atoms. The fourth-order valence-corrected chi connectivity index (χ4v) is 2.21. The van der Waals surface area contributed by atoms with Crippen molar-refractivity contribution in [2.75, 3.05) is 27.2 Å². The number of carbonyl (C=O) groups is 1. The Morgan fingerprint density at radius 2 is 2.19 bits per heavy atom. The number of nitrogens with one attached hydrogen (secondary N) is 2. The molecule has 1 aromatic carbocycles. The summed E-state index contributed by atoms with van der Waals surface area (Å²) < 4.78 is 1.72. The van der Waals surface area contributed by atoms with E-state index in [1.807, 2.05) is 25.1 Å². The molecule has 112 valence electrons. The Labute approximate surface area is 129 Å². The fourth-order valence-electron chi connectivity index (χ4n) is 2.02. The van der Waals surface area contributed by atoms with Crippen LogP contribution in [0.5, 0.6) is 0 Å². The van der Waals surface area contributed by atoms with E-state index in [4.69, 9.17) is 11.6 Å². The average Bonchev–Trinajstić information content (AvgIpc) is 2.80. The summed E-state index contributed by atoms with van der Waals surface area (Å²) in [6, 6.07) is 7.39. The second kappa shape index (κ2) is 6.74. The van der Waals surface area contributed by atoms with Crippen LogP contribution in [0.25, 0.3) is 5.69 Å². The fraction of sp³-hybridized carbons (Fsp3) is 0.333. The molecule has 2 rings (SSSR count). The minimum Gasteiger partial charge on any atom is -0.346 e. The van der Waals surface area contributed by atoms with Crippen molar-refractivity contribution < 1.29 is 9.69 Å². The second-order valence-corrected chi connectivity index (χ2v) is 5.68. The highest BCUT2D eigenvalue weighted by Gasteiger charge is 2.15. The Kier molecular flexibility index (Phi) is 4.98. The molecule has 0 aliphatic heterocycles. The molecule has 2 aromatic rings. The first-order valence-electron chi connectivity index (χ1n) is 6.87. The predicted octanol–water partition coefficient (Wildman–Crippen LogP) is 0.708. The number of rotatable bonds is 5. The van der Waals surface area contributed by atoms with Crippen LogP contribution in [0, 0.1) is 6.92 Å². The standard InChI is InChI=1S/C15H19ClN4O/c1-11-14(15(21)17-7-8-19(2)3)10-18-20(11)13-6-4-5-12(16)9-13/h4-6,9-10H,7-8H2,1-3H3,(H,17,21)/p+1. The van der Waals surface area contributed by atoms with Gasteiger partial charge in [0.15, 0.2) is 0 Å². The van der Waals surface area contributed by atoms with Crippen molar-refractivity contribution in [3.8, 4) is 5.69 Å². The number of hydrogen-bond acceptors (Lipinski definition) is 2. The lowest BCUT2D eigenvalue weighted by Gasteiger charge is -2.09. The average molecular weight is 308 g/mol. The van der Waals surface area contributed by atoms with Crippen LogP contribution in [0.3, 0.4) is 0 Å². The summed E-state index contributed by atoms with van der Waals surface area (Å²) in [5.74, 6) is -0.0953. The summed E-state index contributed by atoms with van der Waals surface area (Å²) in [4.78, 5) is 13.5. The maximum absolute atomic E-state index is 12.2. The van der Waals surface area contributed by atoms with Gasteiger partial charge in [0.1, 0.15) is 0 Å². The van der Waals surface area contributed by atoms with Gasteiger partial charge in [0.2, 0.25) is 0 Å². The normalized spacial score (nSPS) is 10.9. The Morgan fingerprint density at radius 3 is 2.86 bits per heavy atom. The highest BCUT2D eigenvalue weighted by molar-refractivity contribution is 6.30. The lowest BCUT2D eigenvalue weighted by atomic mass is 10.2. The number of benzene rings is 1. The highest BCUT2D eigenvalue weighted by Crippen LogP contribution is 2.17. The maximum atomic E-state index is 12.2. The van der Waals surface area contributed by atoms with Gasteiger partial charge in [-0.05, 0) is 25.1 Å². The van der Waals surface area contributed by atoms with Crippen LogP contribution in [0.1, 0.15) is 16.1 Å². The quantitative estimate of drug-likeness (QED) is 0.855. The zero-order valence-corrected chi connectivity index (χ0v) is 13.2. The van der Waals surface area contributed by atoms with Gasteiger partial charge in [0, 0.05) is 5.02 Å². The predicted molar refractivity (Wildman–Crippen MR) is 83.3 cm³/mol. The molecule has 6 heteroatoms. The van der Waals surface area contributed by atoms with E-state index in [-0.39, 0.29) is 5.91 Å². The van der Waals surface area contributed by atoms with E-state index in [2.05, 4.69) is 24.5 Å². The molecule has 0 aliphatic rings. The first-order valence-corrected chi connectivity index (χ1v) is 7.24. The van der Waals surface area contributed by atoms with Crippen LogP contribution >= 0.6 is 11.6 Å². The van der Waals surface area contributed by atoms with E-state index in [0.29, 0.717) is 17.1 Å². The monoisotopic (exact) mass is 307 g/mol. The molecule has 0 unspecified atom stereocenters. The van der Waals surface area contributed by atoms with Gasteiger partial charge in [-0.25, -0.2) is 4.68 Å². The molecule has 0 spiro atoms. The van der Waals surface area contributed by atoms with Crippen molar-refractivity contribution in [1.82, 2.24) is 15.1 Å². The molecule has 0 aliphatic carbocycles. The van der Waals surface area contributed by atoms with Crippen LogP contribution in [-0.2, 0) is 0 Å². The number of likely N-dealkylation sites (N-methyl/N-ethyl adjacent to an activating group) is 1. The van der Waals surface area contributed by atoms with E-state index in [1.165, 1.54) is 4.90 Å². The van der Waals surface area contributed by atoms with E-state index in [0.717, 1.165) is 17.9 Å². The number of aromatic nitrogens is 2. The van der Waals surface area contributed by atoms with Crippen molar-refractivity contribution in [3.05, 3.63) is 46.7 Å². The third-order valence-electron chi connectivity index (χ3n) is 3.22. The highest BCUT2D eigenvalue weighted by atomic mass is 35.5. The van der Waals surface area contributed by atoms with Gasteiger partial charge in [-0.2, -0.15) is 5.10 Å². The molecular weight excluding hydrogens is 288 g/mol. The Bertz CT molecular complexity index is 636. The number of quaternary nitrogens is 1. The Balaban J connectivity index is 2.15. The van der Waals surface area contributed by atoms with Crippen molar-refractivity contribution in [2.45, 2.75) is 6.92 Å². The van der Waals surface area contributed by atoms with Crippen LogP contribution in [0.2, 0.25) is 5.02 Å². The summed E-state index contributed by atoms with van der Waals surface area (Å²) in [5.41, 5.74) is 2.23. The Morgan fingerprint density at radius 1 is 1.43 bits per heavy atom. The van der Waals surface area contributed by atoms with E-state index in [1.54, 1.807) is 16.9 Å². The van der Waals surface area contributed by atoms with Crippen LogP contribution < -0.4 is 10.2 Å². The van der Waals surface area contributed by atoms with Crippen molar-refractivity contribution in [3.63, 3.8) is 0 Å². The van der Waals surface area contributed by atoms with Gasteiger partial charge < -0.3 is 10.2 Å². The minimum absolute atomic E-state index is 0.0953. The molecule has 21 heavy (non-hydrogen) atoms. The summed E-state index contributed by atoms with van der Waals surface area (Å²) >= 11 is 5.99. The SMILES string of the molecule is Cc1c(C(=O)NCC[NH+](C)C)cnn1-c1cccc(Cl)c1. The third kappa shape index (κ3) is 3.83. The number of halogens is 1. The van der Waals surface area contributed by atoms with E-state index < -0.39 is 0 Å². The van der Waals surface area contributed by atoms with Gasteiger partial charge in [0.25, 0.3) is 5.91 Å². The molecule has 0 radical (unpaired) electrons. The molecule has 1 heterocycles. The van der Waals surface area contributed by atoms with Crippen molar-refractivity contribution in [1.29, 1.82) is 0 Å². The molecule has 0 fully saturated rings. The van der Waals surface area contributed by atoms with Gasteiger partial charge in [0.05, 0.1) is 50.3 Å². The molecule has 5 nitrogen and oxygen atoms in total.